The fourth-order valence-corrected chi connectivity index (χ4v) is 2.34. The van der Waals surface area contributed by atoms with E-state index >= 15 is 0 Å². The van der Waals surface area contributed by atoms with Crippen LogP contribution in [0.4, 0.5) is 11.4 Å². The summed E-state index contributed by atoms with van der Waals surface area (Å²) in [5.41, 5.74) is 1.82. The molecule has 0 radical (unpaired) electrons. The first-order valence-electron chi connectivity index (χ1n) is 9.24. The molecule has 5 nitrogen and oxygen atoms in total. The maximum absolute atomic E-state index is 5.40. The minimum atomic E-state index is 0.535. The molecule has 2 N–H and O–H groups in total. The highest BCUT2D eigenvalue weighted by atomic mass is 32.1. The fourth-order valence-electron chi connectivity index (χ4n) is 2.10. The maximum atomic E-state index is 5.40. The van der Waals surface area contributed by atoms with Crippen molar-refractivity contribution >= 4 is 28.7 Å². The quantitative estimate of drug-likeness (QED) is 0.594. The Labute approximate surface area is 168 Å². The summed E-state index contributed by atoms with van der Waals surface area (Å²) in [7, 11) is 0. The van der Waals surface area contributed by atoms with Crippen LogP contribution in [0.1, 0.15) is 27.7 Å². The number of hydrogen-bond donors (Lipinski definition) is 2. The molecule has 2 aromatic carbocycles. The van der Waals surface area contributed by atoms with Crippen molar-refractivity contribution in [3.05, 3.63) is 48.5 Å². The highest BCUT2D eigenvalue weighted by molar-refractivity contribution is 7.80. The molecule has 0 aliphatic heterocycles. The van der Waals surface area contributed by atoms with E-state index in [1.807, 2.05) is 76.2 Å². The Bertz CT molecular complexity index is 590. The Kier molecular flexibility index (Phi) is 11.6. The molecule has 0 unspecified atom stereocenters. The lowest BCUT2D eigenvalue weighted by Gasteiger charge is -2.12. The summed E-state index contributed by atoms with van der Waals surface area (Å²) in [6.45, 7) is 10.9. The van der Waals surface area contributed by atoms with Gasteiger partial charge in [0.05, 0.1) is 13.2 Å². The van der Waals surface area contributed by atoms with Crippen LogP contribution in [0.15, 0.2) is 48.5 Å². The van der Waals surface area contributed by atoms with Gasteiger partial charge in [-0.1, -0.05) is 0 Å². The van der Waals surface area contributed by atoms with Crippen LogP contribution in [0, 0.1) is 0 Å². The Morgan fingerprint density at radius 2 is 1.04 bits per heavy atom. The van der Waals surface area contributed by atoms with Gasteiger partial charge in [-0.2, -0.15) is 0 Å². The molecule has 0 saturated heterocycles. The largest absolute Gasteiger partial charge is 0.494 e. The minimum absolute atomic E-state index is 0.535. The summed E-state index contributed by atoms with van der Waals surface area (Å²) < 4.78 is 15.6. The van der Waals surface area contributed by atoms with Crippen molar-refractivity contribution in [2.24, 2.45) is 0 Å². The zero-order valence-corrected chi connectivity index (χ0v) is 17.4. The van der Waals surface area contributed by atoms with Crippen molar-refractivity contribution in [1.82, 2.24) is 0 Å². The van der Waals surface area contributed by atoms with Crippen LogP contribution < -0.4 is 20.1 Å². The van der Waals surface area contributed by atoms with E-state index in [1.165, 1.54) is 0 Å². The minimum Gasteiger partial charge on any atom is -0.494 e. The molecule has 2 rings (SSSR count). The van der Waals surface area contributed by atoms with Gasteiger partial charge >= 0.3 is 0 Å². The van der Waals surface area contributed by atoms with Gasteiger partial charge in [0, 0.05) is 24.6 Å². The number of benzene rings is 2. The van der Waals surface area contributed by atoms with Gasteiger partial charge in [0.15, 0.2) is 5.11 Å². The Balaban J connectivity index is 0.000000646. The predicted octanol–water partition coefficient (Wildman–Crippen LogP) is 5.34. The molecule has 0 fully saturated rings. The maximum Gasteiger partial charge on any atom is 0.175 e. The van der Waals surface area contributed by atoms with E-state index < -0.39 is 0 Å². The molecule has 0 heterocycles. The van der Waals surface area contributed by atoms with Gasteiger partial charge in [0.2, 0.25) is 0 Å². The number of nitrogens with one attached hydrogen (secondary N) is 2. The van der Waals surface area contributed by atoms with E-state index in [1.54, 1.807) is 0 Å². The van der Waals surface area contributed by atoms with Crippen LogP contribution in [-0.4, -0.2) is 31.5 Å². The summed E-state index contributed by atoms with van der Waals surface area (Å²) in [6.07, 6.45) is 0. The zero-order chi connectivity index (χ0) is 19.9. The van der Waals surface area contributed by atoms with Crippen LogP contribution in [0.5, 0.6) is 11.5 Å². The van der Waals surface area contributed by atoms with Crippen molar-refractivity contribution in [2.75, 3.05) is 37.1 Å². The highest BCUT2D eigenvalue weighted by Gasteiger charge is 2.00. The molecule has 0 atom stereocenters. The van der Waals surface area contributed by atoms with Crippen molar-refractivity contribution in [3.63, 3.8) is 0 Å². The van der Waals surface area contributed by atoms with E-state index in [2.05, 4.69) is 10.6 Å². The third kappa shape index (κ3) is 9.82. The average Bonchev–Trinajstić information content (AvgIpc) is 2.66. The summed E-state index contributed by atoms with van der Waals surface area (Å²) in [5.74, 6) is 1.69. The van der Waals surface area contributed by atoms with Crippen molar-refractivity contribution < 1.29 is 14.2 Å². The number of anilines is 2. The van der Waals surface area contributed by atoms with E-state index in [0.29, 0.717) is 18.3 Å². The summed E-state index contributed by atoms with van der Waals surface area (Å²) in [6, 6.07) is 15.3. The highest BCUT2D eigenvalue weighted by Crippen LogP contribution is 2.18. The third-order valence-corrected chi connectivity index (χ3v) is 3.46. The summed E-state index contributed by atoms with van der Waals surface area (Å²) >= 11 is 5.30. The molecule has 0 amide bonds. The zero-order valence-electron chi connectivity index (χ0n) is 16.6. The molecule has 27 heavy (non-hydrogen) atoms. The molecule has 0 saturated carbocycles. The van der Waals surface area contributed by atoms with Gasteiger partial charge in [-0.3, -0.25) is 0 Å². The Morgan fingerprint density at radius 3 is 1.30 bits per heavy atom. The first-order chi connectivity index (χ1) is 13.1. The average molecular weight is 391 g/mol. The van der Waals surface area contributed by atoms with Gasteiger partial charge < -0.3 is 24.8 Å². The third-order valence-electron chi connectivity index (χ3n) is 3.25. The van der Waals surface area contributed by atoms with Crippen molar-refractivity contribution in [2.45, 2.75) is 27.7 Å². The lowest BCUT2D eigenvalue weighted by Crippen LogP contribution is -2.18. The molecular weight excluding hydrogens is 360 g/mol. The van der Waals surface area contributed by atoms with Crippen LogP contribution >= 0.6 is 12.2 Å². The van der Waals surface area contributed by atoms with Gasteiger partial charge in [-0.15, -0.1) is 0 Å². The lowest BCUT2D eigenvalue weighted by molar-refractivity contribution is 0.162. The monoisotopic (exact) mass is 390 g/mol. The van der Waals surface area contributed by atoms with Crippen LogP contribution in [0.3, 0.4) is 0 Å². The molecule has 0 aromatic heterocycles. The van der Waals surface area contributed by atoms with E-state index in [4.69, 9.17) is 26.4 Å². The molecule has 0 aliphatic carbocycles. The van der Waals surface area contributed by atoms with Gasteiger partial charge in [-0.25, -0.2) is 0 Å². The molecule has 148 valence electrons. The van der Waals surface area contributed by atoms with Crippen molar-refractivity contribution in [3.8, 4) is 11.5 Å². The van der Waals surface area contributed by atoms with E-state index in [9.17, 15) is 0 Å². The van der Waals surface area contributed by atoms with Crippen molar-refractivity contribution in [1.29, 1.82) is 0 Å². The standard InChI is InChI=1S/C17H20N2O2S.C4H10O/c1-3-20-15-9-5-13(6-10-15)18-17(22)19-14-7-11-16(12-8-14)21-4-2;1-3-5-4-2/h5-12H,3-4H2,1-2H3,(H2,18,19,22);3-4H2,1-2H3. The Hall–Kier alpha value is -2.31. The topological polar surface area (TPSA) is 51.8 Å². The molecule has 0 aliphatic rings. The van der Waals surface area contributed by atoms with Gasteiger partial charge in [0.25, 0.3) is 0 Å². The van der Waals surface area contributed by atoms with Crippen LogP contribution in [0.2, 0.25) is 0 Å². The molecule has 6 heteroatoms. The SMILES string of the molecule is CCOCC.CCOc1ccc(NC(=S)Nc2ccc(OCC)cc2)cc1. The molecule has 2 aromatic rings. The number of thiocarbonyl (C=S) groups is 1. The number of hydrogen-bond acceptors (Lipinski definition) is 4. The second kappa shape index (κ2) is 13.8. The first-order valence-corrected chi connectivity index (χ1v) is 9.65. The second-order valence-corrected chi connectivity index (χ2v) is 5.68. The second-order valence-electron chi connectivity index (χ2n) is 5.28. The number of ether oxygens (including phenoxy) is 3. The molecule has 0 spiro atoms. The Morgan fingerprint density at radius 1 is 0.667 bits per heavy atom. The van der Waals surface area contributed by atoms with E-state index in [0.717, 1.165) is 36.1 Å². The normalized spacial score (nSPS) is 9.63. The smallest absolute Gasteiger partial charge is 0.175 e. The first kappa shape index (κ1) is 22.7. The lowest BCUT2D eigenvalue weighted by atomic mass is 10.3. The fraction of sp³-hybridized carbons (Fsp3) is 0.381. The summed E-state index contributed by atoms with van der Waals surface area (Å²) in [5, 5.41) is 6.80. The van der Waals surface area contributed by atoms with Crippen LogP contribution in [0.25, 0.3) is 0 Å². The van der Waals surface area contributed by atoms with Crippen LogP contribution in [-0.2, 0) is 4.74 Å². The molecular formula is C21H30N2O3S. The number of rotatable bonds is 8. The summed E-state index contributed by atoms with van der Waals surface area (Å²) in [4.78, 5) is 0. The molecule has 0 bridgehead atoms. The van der Waals surface area contributed by atoms with Gasteiger partial charge in [0.1, 0.15) is 11.5 Å². The predicted molar refractivity (Wildman–Crippen MR) is 117 cm³/mol. The van der Waals surface area contributed by atoms with E-state index in [-0.39, 0.29) is 0 Å². The van der Waals surface area contributed by atoms with Gasteiger partial charge in [-0.05, 0) is 88.4 Å².